The van der Waals surface area contributed by atoms with Gasteiger partial charge in [0, 0.05) is 30.9 Å². The van der Waals surface area contributed by atoms with Gasteiger partial charge >= 0.3 is 0 Å². The normalized spacial score (nSPS) is 12.8. The van der Waals surface area contributed by atoms with Gasteiger partial charge in [-0.05, 0) is 36.6 Å². The number of nitrogens with zero attached hydrogens (tertiary/aromatic N) is 1. The van der Waals surface area contributed by atoms with Crippen LogP contribution in [0.25, 0.3) is 0 Å². The van der Waals surface area contributed by atoms with Crippen molar-refractivity contribution in [3.63, 3.8) is 0 Å². The highest BCUT2D eigenvalue weighted by Gasteiger charge is 2.23. The largest absolute Gasteiger partial charge is 0.398 e. The first kappa shape index (κ1) is 16.1. The number of fused-ring (bicyclic) bond motifs is 1. The SMILES string of the molecule is Nc1ccccc1C(=O)NCCCC(=O)N1CCc2ccccc21. The molecular weight excluding hydrogens is 302 g/mol. The van der Waals surface area contributed by atoms with Crippen LogP contribution in [-0.4, -0.2) is 24.9 Å². The van der Waals surface area contributed by atoms with Crippen molar-refractivity contribution in [1.82, 2.24) is 5.32 Å². The van der Waals surface area contributed by atoms with E-state index in [1.165, 1.54) is 5.56 Å². The fourth-order valence-electron chi connectivity index (χ4n) is 2.97. The molecule has 0 aromatic heterocycles. The van der Waals surface area contributed by atoms with Crippen molar-refractivity contribution in [2.24, 2.45) is 0 Å². The first-order valence-corrected chi connectivity index (χ1v) is 8.18. The van der Waals surface area contributed by atoms with Crippen LogP contribution in [-0.2, 0) is 11.2 Å². The van der Waals surface area contributed by atoms with E-state index in [0.717, 1.165) is 18.7 Å². The number of nitrogen functional groups attached to an aromatic ring is 1. The first-order chi connectivity index (χ1) is 11.7. The summed E-state index contributed by atoms with van der Waals surface area (Å²) in [6, 6.07) is 15.0. The molecule has 0 unspecified atom stereocenters. The quantitative estimate of drug-likeness (QED) is 0.655. The van der Waals surface area contributed by atoms with Gasteiger partial charge < -0.3 is 16.0 Å². The van der Waals surface area contributed by atoms with Crippen molar-refractivity contribution in [3.8, 4) is 0 Å². The Morgan fingerprint density at radius 3 is 2.67 bits per heavy atom. The fraction of sp³-hybridized carbons (Fsp3) is 0.263. The van der Waals surface area contributed by atoms with Gasteiger partial charge in [0.05, 0.1) is 5.56 Å². The van der Waals surface area contributed by atoms with Crippen LogP contribution in [0, 0.1) is 0 Å². The van der Waals surface area contributed by atoms with Crippen LogP contribution in [0.15, 0.2) is 48.5 Å². The highest BCUT2D eigenvalue weighted by molar-refractivity contribution is 5.99. The molecule has 1 heterocycles. The third-order valence-corrected chi connectivity index (χ3v) is 4.25. The number of nitrogens with one attached hydrogen (secondary N) is 1. The minimum absolute atomic E-state index is 0.105. The number of carbonyl (C=O) groups is 2. The molecule has 124 valence electrons. The number of hydrogen-bond donors (Lipinski definition) is 2. The lowest BCUT2D eigenvalue weighted by atomic mass is 10.1. The van der Waals surface area contributed by atoms with E-state index >= 15 is 0 Å². The average molecular weight is 323 g/mol. The van der Waals surface area contributed by atoms with Crippen LogP contribution >= 0.6 is 0 Å². The van der Waals surface area contributed by atoms with Gasteiger partial charge in [0.15, 0.2) is 0 Å². The zero-order chi connectivity index (χ0) is 16.9. The van der Waals surface area contributed by atoms with E-state index in [2.05, 4.69) is 11.4 Å². The van der Waals surface area contributed by atoms with Crippen molar-refractivity contribution in [2.45, 2.75) is 19.3 Å². The van der Waals surface area contributed by atoms with E-state index in [9.17, 15) is 9.59 Å². The number of para-hydroxylation sites is 2. The van der Waals surface area contributed by atoms with Crippen molar-refractivity contribution in [1.29, 1.82) is 0 Å². The molecule has 24 heavy (non-hydrogen) atoms. The Balaban J connectivity index is 1.47. The molecule has 0 bridgehead atoms. The summed E-state index contributed by atoms with van der Waals surface area (Å²) < 4.78 is 0. The summed E-state index contributed by atoms with van der Waals surface area (Å²) in [4.78, 5) is 26.3. The van der Waals surface area contributed by atoms with Crippen LogP contribution in [0.5, 0.6) is 0 Å². The predicted octanol–water partition coefficient (Wildman–Crippen LogP) is 2.37. The average Bonchev–Trinajstić information content (AvgIpc) is 3.03. The number of benzene rings is 2. The standard InChI is InChI=1S/C19H21N3O2/c20-16-8-3-2-7-15(16)19(24)21-12-5-10-18(23)22-13-11-14-6-1-4-9-17(14)22/h1-4,6-9H,5,10-13,20H2,(H,21,24). The van der Waals surface area contributed by atoms with Gasteiger partial charge in [-0.15, -0.1) is 0 Å². The molecular formula is C19H21N3O2. The minimum Gasteiger partial charge on any atom is -0.398 e. The molecule has 0 fully saturated rings. The number of anilines is 2. The molecule has 5 nitrogen and oxygen atoms in total. The Labute approximate surface area is 141 Å². The Hall–Kier alpha value is -2.82. The first-order valence-electron chi connectivity index (χ1n) is 8.18. The van der Waals surface area contributed by atoms with E-state index in [1.54, 1.807) is 24.3 Å². The molecule has 0 saturated carbocycles. The Bertz CT molecular complexity index is 758. The molecule has 0 radical (unpaired) electrons. The second-order valence-electron chi connectivity index (χ2n) is 5.87. The fourth-order valence-corrected chi connectivity index (χ4v) is 2.97. The van der Waals surface area contributed by atoms with Crippen molar-refractivity contribution in [2.75, 3.05) is 23.7 Å². The van der Waals surface area contributed by atoms with Gasteiger partial charge in [-0.3, -0.25) is 9.59 Å². The summed E-state index contributed by atoms with van der Waals surface area (Å²) >= 11 is 0. The number of nitrogens with two attached hydrogens (primary N) is 1. The van der Waals surface area contributed by atoms with Crippen LogP contribution in [0.2, 0.25) is 0 Å². The summed E-state index contributed by atoms with van der Waals surface area (Å²) in [6.45, 7) is 1.19. The molecule has 0 aliphatic carbocycles. The van der Waals surface area contributed by atoms with Crippen molar-refractivity contribution in [3.05, 3.63) is 59.7 Å². The number of amides is 2. The maximum Gasteiger partial charge on any atom is 0.253 e. The molecule has 3 rings (SSSR count). The molecule has 0 spiro atoms. The maximum absolute atomic E-state index is 12.4. The summed E-state index contributed by atoms with van der Waals surface area (Å²) in [7, 11) is 0. The Morgan fingerprint density at radius 1 is 1.08 bits per heavy atom. The molecule has 2 amide bonds. The Kier molecular flexibility index (Phi) is 4.79. The lowest BCUT2D eigenvalue weighted by molar-refractivity contribution is -0.118. The predicted molar refractivity (Wildman–Crippen MR) is 94.9 cm³/mol. The smallest absolute Gasteiger partial charge is 0.253 e. The van der Waals surface area contributed by atoms with Crippen molar-refractivity contribution >= 4 is 23.2 Å². The van der Waals surface area contributed by atoms with Crippen LogP contribution < -0.4 is 16.0 Å². The van der Waals surface area contributed by atoms with Crippen molar-refractivity contribution < 1.29 is 9.59 Å². The molecule has 1 aliphatic heterocycles. The molecule has 2 aromatic carbocycles. The third kappa shape index (κ3) is 3.40. The van der Waals surface area contributed by atoms with Gasteiger partial charge in [-0.25, -0.2) is 0 Å². The van der Waals surface area contributed by atoms with E-state index in [4.69, 9.17) is 5.73 Å². The molecule has 2 aromatic rings. The van der Waals surface area contributed by atoms with Crippen LogP contribution in [0.4, 0.5) is 11.4 Å². The van der Waals surface area contributed by atoms with Gasteiger partial charge in [-0.1, -0.05) is 30.3 Å². The minimum atomic E-state index is -0.202. The summed E-state index contributed by atoms with van der Waals surface area (Å²) in [5.74, 6) is -0.0968. The number of hydrogen-bond acceptors (Lipinski definition) is 3. The Morgan fingerprint density at radius 2 is 1.83 bits per heavy atom. The van der Waals surface area contributed by atoms with Gasteiger partial charge in [-0.2, -0.15) is 0 Å². The molecule has 0 saturated heterocycles. The summed E-state index contributed by atoms with van der Waals surface area (Å²) in [6.07, 6.45) is 1.93. The van der Waals surface area contributed by atoms with E-state index < -0.39 is 0 Å². The monoisotopic (exact) mass is 323 g/mol. The summed E-state index contributed by atoms with van der Waals surface area (Å²) in [5.41, 5.74) is 8.95. The van der Waals surface area contributed by atoms with Crippen LogP contribution in [0.3, 0.4) is 0 Å². The second-order valence-corrected chi connectivity index (χ2v) is 5.87. The lowest BCUT2D eigenvalue weighted by Crippen LogP contribution is -2.30. The molecule has 0 atom stereocenters. The van der Waals surface area contributed by atoms with Crippen LogP contribution in [0.1, 0.15) is 28.8 Å². The number of carbonyl (C=O) groups excluding carboxylic acids is 2. The van der Waals surface area contributed by atoms with Gasteiger partial charge in [0.1, 0.15) is 0 Å². The van der Waals surface area contributed by atoms with E-state index in [1.807, 2.05) is 23.1 Å². The number of rotatable bonds is 5. The highest BCUT2D eigenvalue weighted by atomic mass is 16.2. The molecule has 5 heteroatoms. The topological polar surface area (TPSA) is 75.4 Å². The van der Waals surface area contributed by atoms with E-state index in [0.29, 0.717) is 30.6 Å². The zero-order valence-corrected chi connectivity index (χ0v) is 13.5. The summed E-state index contributed by atoms with van der Waals surface area (Å²) in [5, 5.41) is 2.82. The third-order valence-electron chi connectivity index (χ3n) is 4.25. The van der Waals surface area contributed by atoms with Gasteiger partial charge in [0.2, 0.25) is 5.91 Å². The molecule has 1 aliphatic rings. The highest BCUT2D eigenvalue weighted by Crippen LogP contribution is 2.27. The van der Waals surface area contributed by atoms with E-state index in [-0.39, 0.29) is 11.8 Å². The maximum atomic E-state index is 12.4. The molecule has 3 N–H and O–H groups in total. The second kappa shape index (κ2) is 7.17. The lowest BCUT2D eigenvalue weighted by Gasteiger charge is -2.17. The van der Waals surface area contributed by atoms with Gasteiger partial charge in [0.25, 0.3) is 5.91 Å². The zero-order valence-electron chi connectivity index (χ0n) is 13.5.